The van der Waals surface area contributed by atoms with Crippen molar-refractivity contribution >= 4 is 50.6 Å². The van der Waals surface area contributed by atoms with Crippen LogP contribution in [0.25, 0.3) is 0 Å². The average Bonchev–Trinajstić information content (AvgIpc) is 2.89. The van der Waals surface area contributed by atoms with Crippen molar-refractivity contribution in [3.05, 3.63) is 27.1 Å². The van der Waals surface area contributed by atoms with Gasteiger partial charge in [-0.3, -0.25) is 0 Å². The van der Waals surface area contributed by atoms with Gasteiger partial charge < -0.3 is 5.32 Å². The number of rotatable bonds is 6. The lowest BCUT2D eigenvalue weighted by molar-refractivity contribution is 0.741. The first kappa shape index (κ1) is 12.5. The molecule has 0 amide bonds. The van der Waals surface area contributed by atoms with Gasteiger partial charge in [0.05, 0.1) is 0 Å². The standard InChI is InChI=1S/C9H10BrN3S3/c10-7-3-8(15-5-7)4-11-1-2-14-9-12-6-13-16-9/h3,5-6,11H,1-2,4H2. The first-order valence-corrected chi connectivity index (χ1v) is 8.11. The van der Waals surface area contributed by atoms with E-state index < -0.39 is 0 Å². The Labute approximate surface area is 115 Å². The first-order valence-electron chi connectivity index (χ1n) is 4.67. The van der Waals surface area contributed by atoms with Crippen molar-refractivity contribution in [3.8, 4) is 0 Å². The van der Waals surface area contributed by atoms with Crippen molar-refractivity contribution < 1.29 is 0 Å². The molecule has 7 heteroatoms. The summed E-state index contributed by atoms with van der Waals surface area (Å²) in [5.74, 6) is 1.03. The van der Waals surface area contributed by atoms with Gasteiger partial charge in [-0.05, 0) is 33.5 Å². The summed E-state index contributed by atoms with van der Waals surface area (Å²) in [5, 5.41) is 5.51. The van der Waals surface area contributed by atoms with Crippen LogP contribution in [-0.2, 0) is 6.54 Å². The van der Waals surface area contributed by atoms with Gasteiger partial charge in [0.1, 0.15) is 6.33 Å². The molecule has 0 saturated carbocycles. The largest absolute Gasteiger partial charge is 0.311 e. The highest BCUT2D eigenvalue weighted by Crippen LogP contribution is 2.20. The lowest BCUT2D eigenvalue weighted by Gasteiger charge is -2.00. The predicted octanol–water partition coefficient (Wildman–Crippen LogP) is 3.24. The molecule has 2 aromatic heterocycles. The third kappa shape index (κ3) is 4.14. The van der Waals surface area contributed by atoms with Crippen molar-refractivity contribution in [2.75, 3.05) is 12.3 Å². The van der Waals surface area contributed by atoms with Gasteiger partial charge in [-0.1, -0.05) is 11.8 Å². The van der Waals surface area contributed by atoms with Gasteiger partial charge in [0.15, 0.2) is 4.34 Å². The molecule has 86 valence electrons. The predicted molar refractivity (Wildman–Crippen MR) is 74.4 cm³/mol. The van der Waals surface area contributed by atoms with E-state index in [9.17, 15) is 0 Å². The molecule has 1 N–H and O–H groups in total. The van der Waals surface area contributed by atoms with Crippen LogP contribution in [0.4, 0.5) is 0 Å². The minimum Gasteiger partial charge on any atom is -0.311 e. The maximum absolute atomic E-state index is 4.11. The summed E-state index contributed by atoms with van der Waals surface area (Å²) >= 11 is 8.41. The second kappa shape index (κ2) is 6.70. The van der Waals surface area contributed by atoms with E-state index in [1.807, 2.05) is 0 Å². The van der Waals surface area contributed by atoms with E-state index in [0.29, 0.717) is 0 Å². The molecule has 0 aromatic carbocycles. The molecule has 0 saturated heterocycles. The van der Waals surface area contributed by atoms with Gasteiger partial charge in [-0.2, -0.15) is 4.37 Å². The normalized spacial score (nSPS) is 10.8. The number of hydrogen-bond donors (Lipinski definition) is 1. The lowest BCUT2D eigenvalue weighted by atomic mass is 10.4. The van der Waals surface area contributed by atoms with Crippen LogP contribution in [0.3, 0.4) is 0 Å². The molecule has 0 aliphatic carbocycles. The van der Waals surface area contributed by atoms with Gasteiger partial charge in [-0.15, -0.1) is 11.3 Å². The SMILES string of the molecule is Brc1csc(CNCCSc2ncns2)c1. The third-order valence-electron chi connectivity index (χ3n) is 1.77. The summed E-state index contributed by atoms with van der Waals surface area (Å²) in [6.45, 7) is 1.92. The molecule has 0 bridgehead atoms. The molecule has 0 spiro atoms. The molecule has 16 heavy (non-hydrogen) atoms. The summed E-state index contributed by atoms with van der Waals surface area (Å²) in [4.78, 5) is 5.47. The number of thioether (sulfide) groups is 1. The van der Waals surface area contributed by atoms with Gasteiger partial charge >= 0.3 is 0 Å². The van der Waals surface area contributed by atoms with E-state index in [-0.39, 0.29) is 0 Å². The zero-order chi connectivity index (χ0) is 11.2. The maximum Gasteiger partial charge on any atom is 0.169 e. The fraction of sp³-hybridized carbons (Fsp3) is 0.333. The van der Waals surface area contributed by atoms with Gasteiger partial charge in [-0.25, -0.2) is 4.98 Å². The van der Waals surface area contributed by atoms with Crippen molar-refractivity contribution in [3.63, 3.8) is 0 Å². The van der Waals surface area contributed by atoms with Crippen LogP contribution in [-0.4, -0.2) is 21.7 Å². The molecule has 0 atom stereocenters. The Kier molecular flexibility index (Phi) is 5.24. The number of hydrogen-bond acceptors (Lipinski definition) is 6. The van der Waals surface area contributed by atoms with Crippen molar-refractivity contribution in [1.29, 1.82) is 0 Å². The van der Waals surface area contributed by atoms with Gasteiger partial charge in [0.2, 0.25) is 0 Å². The number of halogens is 1. The van der Waals surface area contributed by atoms with Crippen molar-refractivity contribution in [2.24, 2.45) is 0 Å². The number of aromatic nitrogens is 2. The van der Waals surface area contributed by atoms with Crippen LogP contribution in [0.1, 0.15) is 4.88 Å². The van der Waals surface area contributed by atoms with Crippen molar-refractivity contribution in [2.45, 2.75) is 10.9 Å². The van der Waals surface area contributed by atoms with E-state index in [1.54, 1.807) is 29.4 Å². The molecular formula is C9H10BrN3S3. The molecule has 0 aliphatic heterocycles. The zero-order valence-corrected chi connectivity index (χ0v) is 12.4. The molecule has 0 unspecified atom stereocenters. The lowest BCUT2D eigenvalue weighted by Crippen LogP contribution is -2.15. The molecule has 2 heterocycles. The fourth-order valence-corrected chi connectivity index (χ4v) is 3.93. The summed E-state index contributed by atoms with van der Waals surface area (Å²) in [7, 11) is 0. The highest BCUT2D eigenvalue weighted by atomic mass is 79.9. The monoisotopic (exact) mass is 335 g/mol. The quantitative estimate of drug-likeness (QED) is 0.649. The molecule has 0 aliphatic rings. The fourth-order valence-electron chi connectivity index (χ4n) is 1.10. The smallest absolute Gasteiger partial charge is 0.169 e. The van der Waals surface area contributed by atoms with Gasteiger partial charge in [0.25, 0.3) is 0 Å². The maximum atomic E-state index is 4.11. The zero-order valence-electron chi connectivity index (χ0n) is 8.35. The van der Waals surface area contributed by atoms with Crippen LogP contribution in [0, 0.1) is 0 Å². The van der Waals surface area contributed by atoms with Crippen LogP contribution >= 0.6 is 50.6 Å². The highest BCUT2D eigenvalue weighted by Gasteiger charge is 1.98. The molecule has 2 rings (SSSR count). The Morgan fingerprint density at radius 2 is 2.44 bits per heavy atom. The highest BCUT2D eigenvalue weighted by molar-refractivity contribution is 9.10. The Morgan fingerprint density at radius 1 is 1.50 bits per heavy atom. The summed E-state index contributed by atoms with van der Waals surface area (Å²) in [5.41, 5.74) is 0. The first-order chi connectivity index (χ1) is 7.84. The van der Waals surface area contributed by atoms with E-state index >= 15 is 0 Å². The van der Waals surface area contributed by atoms with Crippen molar-refractivity contribution in [1.82, 2.24) is 14.7 Å². The summed E-state index contributed by atoms with van der Waals surface area (Å²) in [6.07, 6.45) is 1.60. The van der Waals surface area contributed by atoms with Gasteiger partial charge in [0, 0.05) is 33.6 Å². The number of thiophene rings is 1. The Hall–Kier alpha value is 0.0500. The molecular weight excluding hydrogens is 326 g/mol. The minimum absolute atomic E-state index is 0.937. The van der Waals surface area contributed by atoms with Crippen LogP contribution < -0.4 is 5.32 Å². The second-order valence-electron chi connectivity index (χ2n) is 2.96. The van der Waals surface area contributed by atoms with E-state index in [2.05, 4.69) is 42.1 Å². The Bertz CT molecular complexity index is 415. The second-order valence-corrected chi connectivity index (χ2v) is 7.00. The van der Waals surface area contributed by atoms with E-state index in [0.717, 1.165) is 27.7 Å². The summed E-state index contributed by atoms with van der Waals surface area (Å²) in [6, 6.07) is 2.15. The minimum atomic E-state index is 0.937. The summed E-state index contributed by atoms with van der Waals surface area (Å²) < 4.78 is 6.16. The number of nitrogens with one attached hydrogen (secondary N) is 1. The topological polar surface area (TPSA) is 37.8 Å². The third-order valence-corrected chi connectivity index (χ3v) is 5.26. The molecule has 2 aromatic rings. The molecule has 0 fully saturated rings. The number of nitrogens with zero attached hydrogens (tertiary/aromatic N) is 2. The van der Waals surface area contributed by atoms with Crippen LogP contribution in [0.2, 0.25) is 0 Å². The van der Waals surface area contributed by atoms with E-state index in [4.69, 9.17) is 0 Å². The van der Waals surface area contributed by atoms with E-state index in [1.165, 1.54) is 16.4 Å². The van der Waals surface area contributed by atoms with Crippen LogP contribution in [0.5, 0.6) is 0 Å². The Balaban J connectivity index is 1.59. The average molecular weight is 336 g/mol. The molecule has 0 radical (unpaired) electrons. The van der Waals surface area contributed by atoms with Crippen LogP contribution in [0.15, 0.2) is 26.6 Å². The Morgan fingerprint density at radius 3 is 3.12 bits per heavy atom. The molecule has 3 nitrogen and oxygen atoms in total.